The second kappa shape index (κ2) is 5.78. The number of aromatic nitrogens is 2. The van der Waals surface area contributed by atoms with Gasteiger partial charge in [-0.3, -0.25) is 15.2 Å². The highest BCUT2D eigenvalue weighted by Crippen LogP contribution is 2.23. The summed E-state index contributed by atoms with van der Waals surface area (Å²) in [5, 5.41) is 24.9. The molecule has 3 aromatic rings. The van der Waals surface area contributed by atoms with Crippen molar-refractivity contribution in [1.29, 1.82) is 0 Å². The number of hydrogen-bond acceptors (Lipinski definition) is 4. The van der Waals surface area contributed by atoms with Gasteiger partial charge < -0.3 is 10.6 Å². The van der Waals surface area contributed by atoms with E-state index in [1.807, 2.05) is 18.2 Å². The third-order valence-corrected chi connectivity index (χ3v) is 3.25. The number of H-pyrrole nitrogens is 1. The Morgan fingerprint density at radius 3 is 2.86 bits per heavy atom. The molecule has 0 aliphatic heterocycles. The lowest BCUT2D eigenvalue weighted by molar-refractivity contribution is -0.383. The zero-order valence-corrected chi connectivity index (χ0v) is 12.1. The molecule has 0 saturated carbocycles. The molecule has 110 valence electrons. The van der Waals surface area contributed by atoms with Crippen molar-refractivity contribution in [1.82, 2.24) is 10.2 Å². The van der Waals surface area contributed by atoms with Gasteiger partial charge in [0, 0.05) is 17.1 Å². The van der Waals surface area contributed by atoms with Crippen LogP contribution in [0.25, 0.3) is 10.9 Å². The van der Waals surface area contributed by atoms with Crippen molar-refractivity contribution >= 4 is 45.3 Å². The van der Waals surface area contributed by atoms with Crippen LogP contribution in [0.15, 0.2) is 48.7 Å². The number of nitro benzene ring substituents is 1. The number of anilines is 2. The predicted molar refractivity (Wildman–Crippen MR) is 89.0 cm³/mol. The van der Waals surface area contributed by atoms with E-state index >= 15 is 0 Å². The number of benzene rings is 2. The lowest BCUT2D eigenvalue weighted by atomic mass is 10.2. The standard InChI is InChI=1S/C14H11N5O2S/c20-19(21)13-4-2-1-3-11(13)17-14(22)16-10-6-5-9-8-15-18-12(9)7-10/h1-8H,(H,15,18)(H2,16,17,22). The largest absolute Gasteiger partial charge is 0.332 e. The van der Waals surface area contributed by atoms with Gasteiger partial charge in [0.05, 0.1) is 16.6 Å². The van der Waals surface area contributed by atoms with Gasteiger partial charge in [-0.05, 0) is 36.5 Å². The first-order valence-electron chi connectivity index (χ1n) is 6.38. The first kappa shape index (κ1) is 14.0. The molecule has 0 aliphatic rings. The molecule has 0 fully saturated rings. The zero-order valence-electron chi connectivity index (χ0n) is 11.2. The third kappa shape index (κ3) is 2.86. The minimum atomic E-state index is -0.457. The first-order valence-corrected chi connectivity index (χ1v) is 6.79. The number of rotatable bonds is 3. The summed E-state index contributed by atoms with van der Waals surface area (Å²) in [5.74, 6) is 0. The smallest absolute Gasteiger partial charge is 0.292 e. The summed E-state index contributed by atoms with van der Waals surface area (Å²) in [6.07, 6.45) is 1.73. The second-order valence-corrected chi connectivity index (χ2v) is 4.93. The molecule has 3 N–H and O–H groups in total. The van der Waals surface area contributed by atoms with Crippen LogP contribution in [-0.4, -0.2) is 20.2 Å². The Balaban J connectivity index is 1.76. The average molecular weight is 313 g/mol. The molecule has 0 bridgehead atoms. The van der Waals surface area contributed by atoms with E-state index in [0.29, 0.717) is 5.69 Å². The highest BCUT2D eigenvalue weighted by Gasteiger charge is 2.13. The summed E-state index contributed by atoms with van der Waals surface area (Å²) in [5.41, 5.74) is 1.94. The van der Waals surface area contributed by atoms with Crippen LogP contribution in [0.1, 0.15) is 0 Å². The van der Waals surface area contributed by atoms with E-state index in [1.165, 1.54) is 6.07 Å². The molecule has 0 unspecified atom stereocenters. The summed E-state index contributed by atoms with van der Waals surface area (Å²) in [4.78, 5) is 10.5. The second-order valence-electron chi connectivity index (χ2n) is 4.53. The van der Waals surface area contributed by atoms with Gasteiger partial charge in [0.1, 0.15) is 5.69 Å². The molecule has 7 nitrogen and oxygen atoms in total. The fraction of sp³-hybridized carbons (Fsp3) is 0. The quantitative estimate of drug-likeness (QED) is 0.390. The van der Waals surface area contributed by atoms with Gasteiger partial charge in [-0.15, -0.1) is 0 Å². The van der Waals surface area contributed by atoms with Gasteiger partial charge in [0.25, 0.3) is 5.69 Å². The summed E-state index contributed by atoms with van der Waals surface area (Å²) in [7, 11) is 0. The maximum atomic E-state index is 11.0. The Hall–Kier alpha value is -3.00. The third-order valence-electron chi connectivity index (χ3n) is 3.05. The molecular formula is C14H11N5O2S. The maximum Gasteiger partial charge on any atom is 0.292 e. The van der Waals surface area contributed by atoms with Crippen LogP contribution in [-0.2, 0) is 0 Å². The van der Waals surface area contributed by atoms with Crippen LogP contribution in [0.3, 0.4) is 0 Å². The lowest BCUT2D eigenvalue weighted by Crippen LogP contribution is -2.19. The number of fused-ring (bicyclic) bond motifs is 1. The molecule has 0 aliphatic carbocycles. The van der Waals surface area contributed by atoms with Crippen LogP contribution in [0.5, 0.6) is 0 Å². The van der Waals surface area contributed by atoms with Crippen molar-refractivity contribution in [3.8, 4) is 0 Å². The zero-order chi connectivity index (χ0) is 15.5. The van der Waals surface area contributed by atoms with Crippen molar-refractivity contribution in [3.05, 3.63) is 58.8 Å². The van der Waals surface area contributed by atoms with Gasteiger partial charge in [-0.1, -0.05) is 12.1 Å². The summed E-state index contributed by atoms with van der Waals surface area (Å²) in [6, 6.07) is 11.9. The molecule has 1 heterocycles. The Morgan fingerprint density at radius 1 is 1.23 bits per heavy atom. The molecule has 2 aromatic carbocycles. The number of para-hydroxylation sites is 2. The molecule has 3 rings (SSSR count). The van der Waals surface area contributed by atoms with Gasteiger partial charge in [0.2, 0.25) is 0 Å². The minimum absolute atomic E-state index is 0.0318. The van der Waals surface area contributed by atoms with Crippen LogP contribution < -0.4 is 10.6 Å². The van der Waals surface area contributed by atoms with Gasteiger partial charge in [0.15, 0.2) is 5.11 Å². The molecule has 0 amide bonds. The lowest BCUT2D eigenvalue weighted by Gasteiger charge is -2.10. The van der Waals surface area contributed by atoms with E-state index in [-0.39, 0.29) is 10.8 Å². The van der Waals surface area contributed by atoms with Gasteiger partial charge in [-0.25, -0.2) is 0 Å². The van der Waals surface area contributed by atoms with E-state index in [4.69, 9.17) is 12.2 Å². The maximum absolute atomic E-state index is 11.0. The molecule has 0 radical (unpaired) electrons. The van der Waals surface area contributed by atoms with Crippen LogP contribution in [0.2, 0.25) is 0 Å². The van der Waals surface area contributed by atoms with Crippen molar-refractivity contribution in [2.24, 2.45) is 0 Å². The molecule has 0 saturated heterocycles. The Morgan fingerprint density at radius 2 is 2.05 bits per heavy atom. The van der Waals surface area contributed by atoms with E-state index in [1.54, 1.807) is 24.4 Å². The molecule has 0 atom stereocenters. The van der Waals surface area contributed by atoms with Crippen LogP contribution >= 0.6 is 12.2 Å². The average Bonchev–Trinajstić information content (AvgIpc) is 2.95. The van der Waals surface area contributed by atoms with E-state index in [9.17, 15) is 10.1 Å². The summed E-state index contributed by atoms with van der Waals surface area (Å²) < 4.78 is 0. The number of nitrogens with zero attached hydrogens (tertiary/aromatic N) is 2. The van der Waals surface area contributed by atoms with E-state index in [0.717, 1.165) is 16.6 Å². The molecule has 1 aromatic heterocycles. The van der Waals surface area contributed by atoms with Crippen molar-refractivity contribution in [2.45, 2.75) is 0 Å². The highest BCUT2D eigenvalue weighted by molar-refractivity contribution is 7.80. The topological polar surface area (TPSA) is 95.9 Å². The van der Waals surface area contributed by atoms with Gasteiger partial charge >= 0.3 is 0 Å². The molecule has 22 heavy (non-hydrogen) atoms. The number of aromatic amines is 1. The van der Waals surface area contributed by atoms with Crippen molar-refractivity contribution in [3.63, 3.8) is 0 Å². The van der Waals surface area contributed by atoms with E-state index in [2.05, 4.69) is 20.8 Å². The summed E-state index contributed by atoms with van der Waals surface area (Å²) in [6.45, 7) is 0. The minimum Gasteiger partial charge on any atom is -0.332 e. The Kier molecular flexibility index (Phi) is 3.67. The Labute approximate surface area is 130 Å². The SMILES string of the molecule is O=[N+]([O-])c1ccccc1NC(=S)Nc1ccc2cn[nH]c2c1. The highest BCUT2D eigenvalue weighted by atomic mass is 32.1. The Bertz CT molecular complexity index is 861. The van der Waals surface area contributed by atoms with Crippen molar-refractivity contribution < 1.29 is 4.92 Å². The summed E-state index contributed by atoms with van der Waals surface area (Å²) >= 11 is 5.20. The number of nitro groups is 1. The first-order chi connectivity index (χ1) is 10.6. The van der Waals surface area contributed by atoms with E-state index < -0.39 is 4.92 Å². The number of hydrogen-bond donors (Lipinski definition) is 3. The fourth-order valence-corrected chi connectivity index (χ4v) is 2.27. The monoisotopic (exact) mass is 313 g/mol. The predicted octanol–water partition coefficient (Wildman–Crippen LogP) is 3.28. The molecule has 8 heteroatoms. The van der Waals surface area contributed by atoms with Crippen LogP contribution in [0.4, 0.5) is 17.1 Å². The van der Waals surface area contributed by atoms with Crippen LogP contribution in [0, 0.1) is 10.1 Å². The fourth-order valence-electron chi connectivity index (χ4n) is 2.04. The number of thiocarbonyl (C=S) groups is 1. The molecular weight excluding hydrogens is 302 g/mol. The normalized spacial score (nSPS) is 10.4. The van der Waals surface area contributed by atoms with Crippen molar-refractivity contribution in [2.75, 3.05) is 10.6 Å². The number of nitrogens with one attached hydrogen (secondary N) is 3. The molecule has 0 spiro atoms. The van der Waals surface area contributed by atoms with Gasteiger partial charge in [-0.2, -0.15) is 5.10 Å².